The number of hydrogen-bond acceptors (Lipinski definition) is 6. The summed E-state index contributed by atoms with van der Waals surface area (Å²) in [5, 5.41) is 18.8. The summed E-state index contributed by atoms with van der Waals surface area (Å²) in [6, 6.07) is 3.22. The van der Waals surface area contributed by atoms with E-state index in [-0.39, 0.29) is 18.6 Å². The zero-order valence-corrected chi connectivity index (χ0v) is 10.9. The van der Waals surface area contributed by atoms with Crippen molar-refractivity contribution in [3.63, 3.8) is 0 Å². The molecule has 0 aliphatic carbocycles. The Bertz CT molecular complexity index is 732. The van der Waals surface area contributed by atoms with Gasteiger partial charge in [0.05, 0.1) is 24.5 Å². The number of nitrogens with one attached hydrogen (secondary N) is 1. The van der Waals surface area contributed by atoms with Crippen LogP contribution in [0.25, 0.3) is 11.3 Å². The van der Waals surface area contributed by atoms with Crippen molar-refractivity contribution in [2.75, 3.05) is 6.61 Å². The normalized spacial score (nSPS) is 25.3. The molecule has 1 fully saturated rings. The van der Waals surface area contributed by atoms with Crippen molar-refractivity contribution in [3.8, 4) is 11.3 Å². The van der Waals surface area contributed by atoms with Crippen molar-refractivity contribution >= 4 is 0 Å². The summed E-state index contributed by atoms with van der Waals surface area (Å²) in [4.78, 5) is 25.9. The predicted molar refractivity (Wildman–Crippen MR) is 70.6 cm³/mol. The molecule has 1 aliphatic rings. The first kappa shape index (κ1) is 13.8. The maximum absolute atomic E-state index is 11.9. The molecule has 2 aromatic heterocycles. The first-order valence-electron chi connectivity index (χ1n) is 6.44. The van der Waals surface area contributed by atoms with Crippen LogP contribution in [0.3, 0.4) is 0 Å². The van der Waals surface area contributed by atoms with E-state index in [1.54, 1.807) is 12.1 Å². The molecule has 2 aromatic rings. The van der Waals surface area contributed by atoms with Crippen LogP contribution in [0, 0.1) is 0 Å². The molecule has 8 nitrogen and oxygen atoms in total. The fourth-order valence-electron chi connectivity index (χ4n) is 2.36. The van der Waals surface area contributed by atoms with Crippen LogP contribution in [0.1, 0.15) is 12.6 Å². The highest BCUT2D eigenvalue weighted by molar-refractivity contribution is 5.54. The molecule has 3 N–H and O–H groups in total. The van der Waals surface area contributed by atoms with Crippen molar-refractivity contribution in [3.05, 3.63) is 45.4 Å². The van der Waals surface area contributed by atoms with Crippen LogP contribution in [0.2, 0.25) is 0 Å². The molecule has 3 atom stereocenters. The maximum atomic E-state index is 11.9. The highest BCUT2D eigenvalue weighted by Gasteiger charge is 2.35. The Labute approximate surface area is 118 Å². The summed E-state index contributed by atoms with van der Waals surface area (Å²) >= 11 is 0. The van der Waals surface area contributed by atoms with Gasteiger partial charge in [-0.15, -0.1) is 0 Å². The molecular weight excluding hydrogens is 280 g/mol. The largest absolute Gasteiger partial charge is 0.464 e. The number of nitrogens with zero attached hydrogens (tertiary/aromatic N) is 1. The topological polar surface area (TPSA) is 118 Å². The molecule has 0 amide bonds. The number of aromatic nitrogens is 2. The quantitative estimate of drug-likeness (QED) is 0.698. The molecule has 3 heterocycles. The predicted octanol–water partition coefficient (Wildman–Crippen LogP) is -0.563. The lowest BCUT2D eigenvalue weighted by molar-refractivity contribution is -0.0458. The number of hydrogen-bond donors (Lipinski definition) is 3. The van der Waals surface area contributed by atoms with Gasteiger partial charge < -0.3 is 19.4 Å². The van der Waals surface area contributed by atoms with Crippen molar-refractivity contribution in [2.24, 2.45) is 0 Å². The van der Waals surface area contributed by atoms with Gasteiger partial charge in [-0.2, -0.15) is 0 Å². The molecule has 0 bridgehead atoms. The van der Waals surface area contributed by atoms with E-state index in [1.165, 1.54) is 17.0 Å². The Morgan fingerprint density at radius 2 is 2.24 bits per heavy atom. The van der Waals surface area contributed by atoms with Gasteiger partial charge in [-0.05, 0) is 12.1 Å². The van der Waals surface area contributed by atoms with E-state index in [9.17, 15) is 14.7 Å². The van der Waals surface area contributed by atoms with Gasteiger partial charge in [-0.3, -0.25) is 14.3 Å². The van der Waals surface area contributed by atoms with Gasteiger partial charge in [0.1, 0.15) is 18.1 Å². The number of furan rings is 1. The van der Waals surface area contributed by atoms with Crippen LogP contribution in [-0.4, -0.2) is 38.6 Å². The Morgan fingerprint density at radius 1 is 1.43 bits per heavy atom. The van der Waals surface area contributed by atoms with E-state index in [0.29, 0.717) is 5.76 Å². The Morgan fingerprint density at radius 3 is 2.86 bits per heavy atom. The van der Waals surface area contributed by atoms with E-state index in [2.05, 4.69) is 4.98 Å². The average Bonchev–Trinajstić information content (AvgIpc) is 3.08. The third kappa shape index (κ3) is 2.44. The van der Waals surface area contributed by atoms with Gasteiger partial charge in [0.2, 0.25) is 0 Å². The maximum Gasteiger partial charge on any atom is 0.330 e. The molecule has 0 aromatic carbocycles. The molecule has 1 saturated heterocycles. The third-order valence-corrected chi connectivity index (χ3v) is 3.45. The fourth-order valence-corrected chi connectivity index (χ4v) is 2.36. The number of rotatable bonds is 3. The molecule has 0 saturated carbocycles. The van der Waals surface area contributed by atoms with E-state index >= 15 is 0 Å². The molecule has 8 heteroatoms. The smallest absolute Gasteiger partial charge is 0.330 e. The van der Waals surface area contributed by atoms with Gasteiger partial charge in [0, 0.05) is 12.6 Å². The third-order valence-electron chi connectivity index (χ3n) is 3.45. The van der Waals surface area contributed by atoms with Gasteiger partial charge in [-0.25, -0.2) is 4.79 Å². The number of aliphatic hydroxyl groups excluding tert-OH is 2. The number of H-pyrrole nitrogens is 1. The van der Waals surface area contributed by atoms with Crippen LogP contribution in [0.15, 0.2) is 38.6 Å². The van der Waals surface area contributed by atoms with Crippen molar-refractivity contribution in [2.45, 2.75) is 24.9 Å². The number of ether oxygens (including phenoxy) is 1. The minimum atomic E-state index is -0.870. The van der Waals surface area contributed by atoms with E-state index in [1.807, 2.05) is 0 Å². The lowest BCUT2D eigenvalue weighted by Gasteiger charge is -2.14. The lowest BCUT2D eigenvalue weighted by Crippen LogP contribution is -2.33. The SMILES string of the molecule is O=c1[nH]c(=O)n([C@@H]2CC(O)[C@H](CO)O2)cc1-c1ccco1. The number of aliphatic hydroxyl groups is 2. The van der Waals surface area contributed by atoms with E-state index in [4.69, 9.17) is 14.3 Å². The average molecular weight is 294 g/mol. The second-order valence-electron chi connectivity index (χ2n) is 4.80. The molecule has 112 valence electrons. The minimum Gasteiger partial charge on any atom is -0.464 e. The van der Waals surface area contributed by atoms with Crippen LogP contribution in [0.4, 0.5) is 0 Å². The zero-order valence-electron chi connectivity index (χ0n) is 10.9. The Kier molecular flexibility index (Phi) is 3.50. The summed E-state index contributed by atoms with van der Waals surface area (Å²) in [7, 11) is 0. The molecule has 1 unspecified atom stereocenters. The molecular formula is C13H14N2O6. The van der Waals surface area contributed by atoms with Gasteiger partial charge in [0.25, 0.3) is 5.56 Å². The summed E-state index contributed by atoms with van der Waals surface area (Å²) < 4.78 is 11.7. The highest BCUT2D eigenvalue weighted by atomic mass is 16.5. The van der Waals surface area contributed by atoms with Gasteiger partial charge in [-0.1, -0.05) is 0 Å². The second kappa shape index (κ2) is 5.32. The standard InChI is InChI=1S/C13H14N2O6/c16-6-10-8(17)4-11(21-10)15-5-7(9-2-1-3-20-9)12(18)14-13(15)19/h1-3,5,8,10-11,16-17H,4,6H2,(H,14,18,19)/t8?,10-,11-/m0/s1. The zero-order chi connectivity index (χ0) is 15.0. The molecule has 0 radical (unpaired) electrons. The van der Waals surface area contributed by atoms with E-state index < -0.39 is 29.7 Å². The lowest BCUT2D eigenvalue weighted by atomic mass is 10.2. The van der Waals surface area contributed by atoms with Crippen LogP contribution >= 0.6 is 0 Å². The van der Waals surface area contributed by atoms with Crippen LogP contribution in [0.5, 0.6) is 0 Å². The van der Waals surface area contributed by atoms with Gasteiger partial charge in [0.15, 0.2) is 0 Å². The first-order chi connectivity index (χ1) is 10.1. The van der Waals surface area contributed by atoms with Crippen molar-refractivity contribution in [1.29, 1.82) is 0 Å². The monoisotopic (exact) mass is 294 g/mol. The molecule has 1 aliphatic heterocycles. The Hall–Kier alpha value is -2.16. The molecule has 3 rings (SSSR count). The summed E-state index contributed by atoms with van der Waals surface area (Å²) in [6.07, 6.45) is 0.523. The molecule has 0 spiro atoms. The van der Waals surface area contributed by atoms with Crippen molar-refractivity contribution in [1.82, 2.24) is 9.55 Å². The van der Waals surface area contributed by atoms with Gasteiger partial charge >= 0.3 is 5.69 Å². The van der Waals surface area contributed by atoms with Crippen molar-refractivity contribution < 1.29 is 19.4 Å². The Balaban J connectivity index is 2.02. The number of aromatic amines is 1. The van der Waals surface area contributed by atoms with Crippen LogP contribution in [-0.2, 0) is 4.74 Å². The van der Waals surface area contributed by atoms with E-state index in [0.717, 1.165) is 0 Å². The second-order valence-corrected chi connectivity index (χ2v) is 4.80. The molecule has 21 heavy (non-hydrogen) atoms. The fraction of sp³-hybridized carbons (Fsp3) is 0.385. The minimum absolute atomic E-state index is 0.148. The summed E-state index contributed by atoms with van der Waals surface area (Å²) in [5.74, 6) is 0.322. The highest BCUT2D eigenvalue weighted by Crippen LogP contribution is 2.28. The van der Waals surface area contributed by atoms with Crippen LogP contribution < -0.4 is 11.2 Å². The summed E-state index contributed by atoms with van der Waals surface area (Å²) in [5.41, 5.74) is -1.03. The first-order valence-corrected chi connectivity index (χ1v) is 6.44. The summed E-state index contributed by atoms with van der Waals surface area (Å²) in [6.45, 7) is -0.346.